The first-order chi connectivity index (χ1) is 18.7. The number of aryl methyl sites for hydroxylation is 1. The lowest BCUT2D eigenvalue weighted by atomic mass is 10.1. The number of hydrogen-bond acceptors (Lipinski definition) is 6. The van der Waals surface area contributed by atoms with Gasteiger partial charge >= 0.3 is 11.9 Å². The van der Waals surface area contributed by atoms with E-state index in [-0.39, 0.29) is 5.96 Å². The van der Waals surface area contributed by atoms with E-state index in [9.17, 15) is 9.59 Å². The summed E-state index contributed by atoms with van der Waals surface area (Å²) in [5.41, 5.74) is 13.5. The monoisotopic (exact) mass is 540 g/mol. The minimum atomic E-state index is -1.00. The maximum absolute atomic E-state index is 11.2. The van der Waals surface area contributed by atoms with Crippen molar-refractivity contribution in [1.29, 1.82) is 5.41 Å². The van der Waals surface area contributed by atoms with Gasteiger partial charge in [0, 0.05) is 50.1 Å². The lowest BCUT2D eigenvalue weighted by molar-refractivity contribution is -0.150. The van der Waals surface area contributed by atoms with Gasteiger partial charge in [-0.05, 0) is 61.4 Å². The van der Waals surface area contributed by atoms with E-state index in [0.717, 1.165) is 30.8 Å². The van der Waals surface area contributed by atoms with Crippen molar-refractivity contribution in [1.82, 2.24) is 9.88 Å². The van der Waals surface area contributed by atoms with E-state index in [1.54, 1.807) is 6.92 Å². The molecule has 0 saturated heterocycles. The van der Waals surface area contributed by atoms with Crippen molar-refractivity contribution < 1.29 is 24.5 Å². The van der Waals surface area contributed by atoms with Crippen LogP contribution in [0.15, 0.2) is 60.8 Å². The smallest absolute Gasteiger partial charge is 0.333 e. The quantitative estimate of drug-likeness (QED) is 0.0863. The molecule has 3 aromatic rings. The van der Waals surface area contributed by atoms with E-state index in [1.165, 1.54) is 10.9 Å². The molecule has 0 aliphatic carbocycles. The van der Waals surface area contributed by atoms with Crippen LogP contribution in [0.3, 0.4) is 0 Å². The summed E-state index contributed by atoms with van der Waals surface area (Å²) in [5.74, 6) is -2.03. The number of rotatable bonds is 15. The third-order valence-electron chi connectivity index (χ3n) is 5.93. The molecule has 1 heterocycles. The summed E-state index contributed by atoms with van der Waals surface area (Å²) < 4.78 is 7.54. The molecule has 9 N–H and O–H groups in total. The molecule has 0 spiro atoms. The fourth-order valence-electron chi connectivity index (χ4n) is 3.88. The fourth-order valence-corrected chi connectivity index (χ4v) is 3.88. The van der Waals surface area contributed by atoms with Crippen molar-refractivity contribution in [3.63, 3.8) is 0 Å². The first-order valence-electron chi connectivity index (χ1n) is 13.0. The van der Waals surface area contributed by atoms with Gasteiger partial charge in [0.2, 0.25) is 0 Å². The molecule has 0 bridgehead atoms. The van der Waals surface area contributed by atoms with Gasteiger partial charge in [-0.25, -0.2) is 4.79 Å². The summed E-state index contributed by atoms with van der Waals surface area (Å²) in [6.45, 7) is 4.53. The molecule has 0 fully saturated rings. The highest BCUT2D eigenvalue weighted by Gasteiger charge is 2.17. The molecule has 1 unspecified atom stereocenters. The topological polar surface area (TPSA) is 189 Å². The minimum Gasteiger partial charge on any atom is -0.480 e. The number of para-hydroxylation sites is 1. The molecule has 0 amide bonds. The second-order valence-corrected chi connectivity index (χ2v) is 8.96. The predicted molar refractivity (Wildman–Crippen MR) is 153 cm³/mol. The van der Waals surface area contributed by atoms with Gasteiger partial charge in [-0.1, -0.05) is 30.3 Å². The maximum Gasteiger partial charge on any atom is 0.333 e. The number of nitrogens with two attached hydrogens (primary N) is 2. The Hall–Kier alpha value is -4.09. The van der Waals surface area contributed by atoms with Crippen LogP contribution < -0.4 is 22.1 Å². The van der Waals surface area contributed by atoms with Crippen LogP contribution in [-0.2, 0) is 27.3 Å². The van der Waals surface area contributed by atoms with Gasteiger partial charge in [0.1, 0.15) is 6.04 Å². The van der Waals surface area contributed by atoms with Crippen LogP contribution in [0.2, 0.25) is 0 Å². The first-order valence-corrected chi connectivity index (χ1v) is 13.0. The number of aliphatic carboxylic acids is 2. The standard InChI is InChI=1S/C22H26N2O3.C6H14N4O2/c1-2-27-21(22(25)26)16-17-8-10-19(11-9-17)23-13-5-14-24-15-12-18-6-3-4-7-20(18)24;7-4(5(11)12)2-1-3-10-6(8)9/h3-4,6-12,15,21,23H,2,5,13-14,16H2,1H3,(H,25,26);4H,1-3,7H2,(H,11,12)(H4,8,9,10)/t;4-/m.0/s1. The Balaban J connectivity index is 0.000000377. The molecule has 11 nitrogen and oxygen atoms in total. The molecule has 0 aliphatic rings. The third kappa shape index (κ3) is 11.5. The zero-order chi connectivity index (χ0) is 28.6. The molecule has 3 rings (SSSR count). The molecule has 39 heavy (non-hydrogen) atoms. The number of carboxylic acid groups (broad SMARTS) is 2. The molecule has 0 radical (unpaired) electrons. The molecule has 1 aromatic heterocycles. The van der Waals surface area contributed by atoms with Gasteiger partial charge < -0.3 is 41.6 Å². The van der Waals surface area contributed by atoms with Gasteiger partial charge in [0.25, 0.3) is 0 Å². The van der Waals surface area contributed by atoms with Crippen LogP contribution in [0, 0.1) is 5.41 Å². The van der Waals surface area contributed by atoms with Gasteiger partial charge in [0.05, 0.1) is 0 Å². The van der Waals surface area contributed by atoms with Crippen molar-refractivity contribution in [3.8, 4) is 0 Å². The molecule has 2 aromatic carbocycles. The Labute approximate surface area is 228 Å². The summed E-state index contributed by atoms with van der Waals surface area (Å²) >= 11 is 0. The van der Waals surface area contributed by atoms with E-state index in [1.807, 2.05) is 24.3 Å². The predicted octanol–water partition coefficient (Wildman–Crippen LogP) is 2.84. The normalized spacial score (nSPS) is 12.2. The highest BCUT2D eigenvalue weighted by Crippen LogP contribution is 2.16. The Morgan fingerprint density at radius 1 is 1.03 bits per heavy atom. The van der Waals surface area contributed by atoms with E-state index in [2.05, 4.69) is 51.7 Å². The molecule has 0 saturated carbocycles. The van der Waals surface area contributed by atoms with Crippen LogP contribution in [0.4, 0.5) is 5.69 Å². The Morgan fingerprint density at radius 3 is 2.38 bits per heavy atom. The van der Waals surface area contributed by atoms with Crippen molar-refractivity contribution in [2.24, 2.45) is 11.5 Å². The summed E-state index contributed by atoms with van der Waals surface area (Å²) in [7, 11) is 0. The van der Waals surface area contributed by atoms with Crippen LogP contribution in [-0.4, -0.2) is 64.5 Å². The molecular weight excluding hydrogens is 500 g/mol. The van der Waals surface area contributed by atoms with Crippen molar-refractivity contribution in [3.05, 3.63) is 66.4 Å². The summed E-state index contributed by atoms with van der Waals surface area (Å²) in [4.78, 5) is 21.4. The van der Waals surface area contributed by atoms with Crippen molar-refractivity contribution in [2.45, 2.75) is 51.3 Å². The number of benzene rings is 2. The van der Waals surface area contributed by atoms with Gasteiger partial charge in [-0.2, -0.15) is 0 Å². The average molecular weight is 541 g/mol. The summed E-state index contributed by atoms with van der Waals surface area (Å²) in [5, 5.41) is 31.6. The van der Waals surface area contributed by atoms with E-state index >= 15 is 0 Å². The van der Waals surface area contributed by atoms with Gasteiger partial charge in [0.15, 0.2) is 12.1 Å². The average Bonchev–Trinajstić information content (AvgIpc) is 3.33. The van der Waals surface area contributed by atoms with Crippen molar-refractivity contribution >= 4 is 34.5 Å². The SMILES string of the molecule is CCOC(Cc1ccc(NCCCn2ccc3ccccc32)cc1)C(=O)O.N=C(N)NCCC[C@H](N)C(=O)O. The lowest BCUT2D eigenvalue weighted by Crippen LogP contribution is -2.34. The third-order valence-corrected chi connectivity index (χ3v) is 5.93. The largest absolute Gasteiger partial charge is 0.480 e. The number of carbonyl (C=O) groups is 2. The fraction of sp³-hybridized carbons (Fsp3) is 0.393. The van der Waals surface area contributed by atoms with E-state index in [0.29, 0.717) is 32.4 Å². The molecule has 2 atom stereocenters. The number of anilines is 1. The molecular formula is C28H40N6O5. The van der Waals surface area contributed by atoms with Crippen LogP contribution >= 0.6 is 0 Å². The second-order valence-electron chi connectivity index (χ2n) is 8.96. The summed E-state index contributed by atoms with van der Waals surface area (Å²) in [6, 6.07) is 17.6. The summed E-state index contributed by atoms with van der Waals surface area (Å²) in [6.07, 6.45) is 3.72. The Morgan fingerprint density at radius 2 is 1.74 bits per heavy atom. The highest BCUT2D eigenvalue weighted by atomic mass is 16.5. The number of nitrogens with zero attached hydrogens (tertiary/aromatic N) is 1. The van der Waals surface area contributed by atoms with Gasteiger partial charge in [-0.3, -0.25) is 10.2 Å². The van der Waals surface area contributed by atoms with Gasteiger partial charge in [-0.15, -0.1) is 0 Å². The number of hydrogen-bond donors (Lipinski definition) is 7. The van der Waals surface area contributed by atoms with E-state index in [4.69, 9.17) is 31.8 Å². The van der Waals surface area contributed by atoms with Crippen molar-refractivity contribution in [2.75, 3.05) is 25.0 Å². The maximum atomic E-state index is 11.2. The molecule has 11 heteroatoms. The first kappa shape index (κ1) is 31.1. The zero-order valence-electron chi connectivity index (χ0n) is 22.3. The second kappa shape index (κ2) is 16.7. The number of guanidine groups is 1. The highest BCUT2D eigenvalue weighted by molar-refractivity contribution is 5.80. The lowest BCUT2D eigenvalue weighted by Gasteiger charge is -2.13. The minimum absolute atomic E-state index is 0.112. The van der Waals surface area contributed by atoms with Crippen LogP contribution in [0.5, 0.6) is 0 Å². The Bertz CT molecular complexity index is 1180. The molecule has 212 valence electrons. The molecule has 0 aliphatic heterocycles. The van der Waals surface area contributed by atoms with E-state index < -0.39 is 24.1 Å². The van der Waals surface area contributed by atoms with Crippen LogP contribution in [0.1, 0.15) is 31.7 Å². The number of aromatic nitrogens is 1. The number of ether oxygens (including phenoxy) is 1. The zero-order valence-corrected chi connectivity index (χ0v) is 22.3. The van der Waals surface area contributed by atoms with Crippen LogP contribution in [0.25, 0.3) is 10.9 Å². The number of nitrogens with one attached hydrogen (secondary N) is 3. The number of fused-ring (bicyclic) bond motifs is 1. The Kier molecular flexibility index (Phi) is 13.3. The number of carboxylic acids is 2.